The topological polar surface area (TPSA) is 38.7 Å². The van der Waals surface area contributed by atoms with Crippen LogP contribution in [0.1, 0.15) is 22.8 Å². The van der Waals surface area contributed by atoms with E-state index in [2.05, 4.69) is 56.0 Å². The van der Waals surface area contributed by atoms with Crippen molar-refractivity contribution < 1.29 is 85.9 Å². The van der Waals surface area contributed by atoms with Gasteiger partial charge in [-0.15, -0.1) is 0 Å². The molecular formula is C34H50Br4N10. The van der Waals surface area contributed by atoms with E-state index in [4.69, 9.17) is 9.97 Å². The van der Waals surface area contributed by atoms with Crippen molar-refractivity contribution in [2.45, 2.75) is 50.8 Å². The van der Waals surface area contributed by atoms with Gasteiger partial charge in [-0.2, -0.15) is 0 Å². The Balaban J connectivity index is 0.000000911. The Morgan fingerprint density at radius 1 is 0.375 bits per heavy atom. The van der Waals surface area contributed by atoms with Crippen LogP contribution in [0, 0.1) is 0 Å². The van der Waals surface area contributed by atoms with Crippen LogP contribution in [0.5, 0.6) is 0 Å². The number of fused-ring (bicyclic) bond motifs is 4. The number of hydrogen-bond donors (Lipinski definition) is 0. The number of halogens is 4. The summed E-state index contributed by atoms with van der Waals surface area (Å²) in [6.45, 7) is 24.5. The zero-order valence-electron chi connectivity index (χ0n) is 27.9. The predicted molar refractivity (Wildman–Crippen MR) is 165 cm³/mol. The summed E-state index contributed by atoms with van der Waals surface area (Å²) < 4.78 is 4.88. The molecule has 2 aromatic heterocycles. The Morgan fingerprint density at radius 2 is 0.583 bits per heavy atom. The standard InChI is InChI=1S/C34H50N10.4BrH/c1-3-27-23-41-15-7-37-13-21-43(17-9-39(11-19-41)33(43)31(37)41)25-29-5-2-6-30(36-29)26-44-18-10-40-12-20-42(24-28(4-1)35-27)16-8-38(14-22-44)32(42)34(40)44;;;;/h1-6,31-34H,7-26H2;4*1H/q+4;;;;/p-4. The second kappa shape index (κ2) is 12.8. The van der Waals surface area contributed by atoms with Gasteiger partial charge < -0.3 is 67.9 Å². The molecule has 14 heteroatoms. The van der Waals surface area contributed by atoms with Crippen LogP contribution in [0.3, 0.4) is 0 Å². The predicted octanol–water partition coefficient (Wildman–Crippen LogP) is -11.9. The third-order valence-corrected chi connectivity index (χ3v) is 14.6. The molecule has 0 spiro atoms. The Morgan fingerprint density at radius 3 is 0.792 bits per heavy atom. The molecule has 264 valence electrons. The lowest BCUT2D eigenvalue weighted by atomic mass is 10.0. The summed E-state index contributed by atoms with van der Waals surface area (Å²) in [7, 11) is 0. The Bertz CT molecular complexity index is 1320. The minimum Gasteiger partial charge on any atom is -1.00 e. The molecule has 4 unspecified atom stereocenters. The molecule has 0 aliphatic carbocycles. The summed E-state index contributed by atoms with van der Waals surface area (Å²) in [6, 6.07) is 14.2. The van der Waals surface area contributed by atoms with Crippen molar-refractivity contribution in [1.29, 1.82) is 0 Å². The first-order valence-corrected chi connectivity index (χ1v) is 17.9. The summed E-state index contributed by atoms with van der Waals surface area (Å²) in [6.07, 6.45) is 2.35. The van der Waals surface area contributed by atoms with E-state index in [1.807, 2.05) is 0 Å². The van der Waals surface area contributed by atoms with Gasteiger partial charge in [0.25, 0.3) is 0 Å². The Hall–Kier alpha value is -0.1000. The van der Waals surface area contributed by atoms with Crippen molar-refractivity contribution in [2.75, 3.05) is 105 Å². The van der Waals surface area contributed by atoms with Gasteiger partial charge in [0.1, 0.15) is 26.2 Å². The van der Waals surface area contributed by atoms with Gasteiger partial charge in [0, 0.05) is 0 Å². The third kappa shape index (κ3) is 5.01. The summed E-state index contributed by atoms with van der Waals surface area (Å²) in [5.74, 6) is 0. The summed E-state index contributed by atoms with van der Waals surface area (Å²) in [5, 5.41) is 0. The highest BCUT2D eigenvalue weighted by Crippen LogP contribution is 2.47. The van der Waals surface area contributed by atoms with Gasteiger partial charge in [-0.25, -0.2) is 29.6 Å². The molecule has 0 saturated carbocycles. The summed E-state index contributed by atoms with van der Waals surface area (Å²) in [4.78, 5) is 22.7. The molecule has 2 aromatic rings. The number of rotatable bonds is 0. The average Bonchev–Trinajstić information content (AvgIpc) is 3.78. The molecule has 0 radical (unpaired) electrons. The smallest absolute Gasteiger partial charge is 0.214 e. The van der Waals surface area contributed by atoms with Crippen molar-refractivity contribution in [2.24, 2.45) is 0 Å². The lowest BCUT2D eigenvalue weighted by molar-refractivity contribution is -1.04. The monoisotopic (exact) mass is 914 g/mol. The maximum atomic E-state index is 5.57. The van der Waals surface area contributed by atoms with Crippen LogP contribution in [0.4, 0.5) is 0 Å². The lowest BCUT2D eigenvalue weighted by Crippen LogP contribution is -3.00. The number of aromatic nitrogens is 2. The Kier molecular flexibility index (Phi) is 9.66. The zero-order valence-corrected chi connectivity index (χ0v) is 34.2. The van der Waals surface area contributed by atoms with Crippen molar-refractivity contribution in [3.8, 4) is 0 Å². The first kappa shape index (κ1) is 36.3. The number of quaternary nitrogens is 4. The molecule has 8 fully saturated rings. The Labute approximate surface area is 328 Å². The minimum absolute atomic E-state index is 0. The maximum absolute atomic E-state index is 5.57. The van der Waals surface area contributed by atoms with Crippen LogP contribution >= 0.6 is 0 Å². The van der Waals surface area contributed by atoms with E-state index in [0.29, 0.717) is 24.7 Å². The molecule has 9 aliphatic rings. The van der Waals surface area contributed by atoms with Gasteiger partial charge in [-0.1, -0.05) is 12.1 Å². The van der Waals surface area contributed by atoms with Crippen molar-refractivity contribution in [3.05, 3.63) is 59.2 Å². The second-order valence-electron chi connectivity index (χ2n) is 16.3. The van der Waals surface area contributed by atoms with Crippen LogP contribution in [-0.4, -0.2) is 177 Å². The quantitative estimate of drug-likeness (QED) is 0.245. The highest BCUT2D eigenvalue weighted by molar-refractivity contribution is 5.13. The van der Waals surface area contributed by atoms with E-state index in [1.165, 1.54) is 145 Å². The van der Waals surface area contributed by atoms with Gasteiger partial charge in [0.05, 0.1) is 127 Å². The van der Waals surface area contributed by atoms with E-state index in [9.17, 15) is 0 Å². The zero-order chi connectivity index (χ0) is 28.7. The van der Waals surface area contributed by atoms with E-state index in [1.54, 1.807) is 0 Å². The number of pyridine rings is 2. The molecule has 8 saturated heterocycles. The van der Waals surface area contributed by atoms with Crippen LogP contribution in [0.15, 0.2) is 36.4 Å². The minimum atomic E-state index is 0. The van der Waals surface area contributed by atoms with Gasteiger partial charge in [-0.3, -0.25) is 17.9 Å². The van der Waals surface area contributed by atoms with E-state index >= 15 is 0 Å². The SMILES string of the molecule is [Br-].[Br-].[Br-].[Br-].c1cc2nc(c1)C[N+]13CCN4CC[N+]5(CCN(CC1)C5C43)Cc1cccc(n1)C[N+]13CCN4CC[N+]5(CCN(CC1)C5C43)C2. The van der Waals surface area contributed by atoms with Crippen molar-refractivity contribution in [1.82, 2.24) is 29.6 Å². The molecule has 4 atom stereocenters. The molecule has 0 amide bonds. The van der Waals surface area contributed by atoms with Gasteiger partial charge in [0.2, 0.25) is 24.7 Å². The van der Waals surface area contributed by atoms with Crippen molar-refractivity contribution in [3.63, 3.8) is 0 Å². The van der Waals surface area contributed by atoms with Crippen LogP contribution in [0.2, 0.25) is 0 Å². The fourth-order valence-corrected chi connectivity index (χ4v) is 12.6. The van der Waals surface area contributed by atoms with Crippen molar-refractivity contribution >= 4 is 0 Å². The highest BCUT2D eigenvalue weighted by Gasteiger charge is 2.69. The largest absolute Gasteiger partial charge is 1.00 e. The molecule has 0 N–H and O–H groups in total. The third-order valence-electron chi connectivity index (χ3n) is 14.6. The first-order valence-electron chi connectivity index (χ1n) is 17.9. The van der Waals surface area contributed by atoms with Gasteiger partial charge in [0.15, 0.2) is 0 Å². The average molecular weight is 918 g/mol. The molecule has 9 aliphatic heterocycles. The second-order valence-corrected chi connectivity index (χ2v) is 16.3. The van der Waals surface area contributed by atoms with Gasteiger partial charge >= 0.3 is 0 Å². The molecule has 11 heterocycles. The number of hydrogen-bond acceptors (Lipinski definition) is 6. The number of piperazine rings is 4. The van der Waals surface area contributed by atoms with Gasteiger partial charge in [-0.05, 0) is 24.3 Å². The molecule has 0 aromatic carbocycles. The summed E-state index contributed by atoms with van der Waals surface area (Å²) >= 11 is 0. The normalized spacial score (nSPS) is 42.3. The molecule has 12 bridgehead atoms. The maximum Gasteiger partial charge on any atom is 0.214 e. The fourth-order valence-electron chi connectivity index (χ4n) is 12.6. The molecule has 10 nitrogen and oxygen atoms in total. The van der Waals surface area contributed by atoms with Crippen LogP contribution < -0.4 is 67.9 Å². The fraction of sp³-hybridized carbons (Fsp3) is 0.706. The molecule has 11 rings (SSSR count). The lowest BCUT2D eigenvalue weighted by Gasteiger charge is -2.56. The van der Waals surface area contributed by atoms with E-state index in [-0.39, 0.29) is 67.9 Å². The van der Waals surface area contributed by atoms with Crippen LogP contribution in [-0.2, 0) is 26.2 Å². The summed E-state index contributed by atoms with van der Waals surface area (Å²) in [5.41, 5.74) is 5.38. The first-order chi connectivity index (χ1) is 21.6. The highest BCUT2D eigenvalue weighted by atomic mass is 79.9. The van der Waals surface area contributed by atoms with Crippen LogP contribution in [0.25, 0.3) is 0 Å². The number of nitrogens with zero attached hydrogens (tertiary/aromatic N) is 10. The van der Waals surface area contributed by atoms with E-state index in [0.717, 1.165) is 26.2 Å². The molecular weight excluding hydrogens is 868 g/mol. The van der Waals surface area contributed by atoms with E-state index < -0.39 is 0 Å². The molecule has 48 heavy (non-hydrogen) atoms.